The Morgan fingerprint density at radius 3 is 2.48 bits per heavy atom. The van der Waals surface area contributed by atoms with Crippen LogP contribution in [0, 0.1) is 6.92 Å². The minimum absolute atomic E-state index is 0.0811. The van der Waals surface area contributed by atoms with E-state index in [4.69, 9.17) is 5.11 Å². The molecule has 1 aromatic carbocycles. The summed E-state index contributed by atoms with van der Waals surface area (Å²) in [6.45, 7) is 5.78. The summed E-state index contributed by atoms with van der Waals surface area (Å²) in [5.41, 5.74) is 2.05. The van der Waals surface area contributed by atoms with Crippen LogP contribution in [0.5, 0.6) is 0 Å². The minimum atomic E-state index is -0.922. The molecule has 0 bridgehead atoms. The van der Waals surface area contributed by atoms with Gasteiger partial charge in [0.15, 0.2) is 5.69 Å². The van der Waals surface area contributed by atoms with Crippen LogP contribution < -0.4 is 0 Å². The van der Waals surface area contributed by atoms with Crippen molar-refractivity contribution in [2.45, 2.75) is 33.2 Å². The topological polar surface area (TPSA) is 75.4 Å². The van der Waals surface area contributed by atoms with Crippen LogP contribution in [0.4, 0.5) is 0 Å². The third kappa shape index (κ3) is 3.97. The zero-order valence-corrected chi connectivity index (χ0v) is 13.6. The van der Waals surface area contributed by atoms with Crippen LogP contribution in [0.15, 0.2) is 36.4 Å². The normalized spacial score (nSPS) is 10.8. The van der Waals surface area contributed by atoms with E-state index in [0.29, 0.717) is 5.69 Å². The number of aliphatic carboxylic acids is 1. The fourth-order valence-corrected chi connectivity index (χ4v) is 2.37. The van der Waals surface area contributed by atoms with Crippen LogP contribution in [-0.4, -0.2) is 44.3 Å². The van der Waals surface area contributed by atoms with Crippen molar-refractivity contribution in [1.29, 1.82) is 0 Å². The summed E-state index contributed by atoms with van der Waals surface area (Å²) in [5.74, 6) is -1.17. The van der Waals surface area contributed by atoms with Gasteiger partial charge in [0.05, 0.1) is 12.1 Å². The summed E-state index contributed by atoms with van der Waals surface area (Å²) in [7, 11) is 0. The molecule has 2 aromatic rings. The number of carbonyl (C=O) groups is 2. The van der Waals surface area contributed by atoms with Crippen molar-refractivity contribution in [2.24, 2.45) is 0 Å². The van der Waals surface area contributed by atoms with Gasteiger partial charge in [0, 0.05) is 18.3 Å². The predicted octanol–water partition coefficient (Wildman–Crippen LogP) is 2.51. The SMILES string of the molecule is Cc1cc(C(=O)N(CCC(=O)O)C(C)C)nn1-c1ccccc1. The monoisotopic (exact) mass is 315 g/mol. The van der Waals surface area contributed by atoms with Crippen LogP contribution in [0.1, 0.15) is 36.5 Å². The number of carboxylic acid groups (broad SMARTS) is 1. The number of rotatable bonds is 6. The van der Waals surface area contributed by atoms with Gasteiger partial charge in [0.25, 0.3) is 5.91 Å². The van der Waals surface area contributed by atoms with Gasteiger partial charge in [-0.15, -0.1) is 0 Å². The van der Waals surface area contributed by atoms with Gasteiger partial charge < -0.3 is 10.0 Å². The van der Waals surface area contributed by atoms with Gasteiger partial charge in [-0.2, -0.15) is 5.10 Å². The average Bonchev–Trinajstić information content (AvgIpc) is 2.89. The number of carboxylic acids is 1. The van der Waals surface area contributed by atoms with E-state index in [1.807, 2.05) is 51.1 Å². The number of aromatic nitrogens is 2. The molecular weight excluding hydrogens is 294 g/mol. The molecule has 6 nitrogen and oxygen atoms in total. The Kier molecular flexibility index (Phi) is 5.16. The van der Waals surface area contributed by atoms with Gasteiger partial charge in [0.1, 0.15) is 0 Å². The second kappa shape index (κ2) is 7.09. The summed E-state index contributed by atoms with van der Waals surface area (Å²) in [6.07, 6.45) is -0.0811. The molecule has 2 rings (SSSR count). The molecule has 1 amide bonds. The molecule has 6 heteroatoms. The third-order valence-electron chi connectivity index (χ3n) is 3.56. The fraction of sp³-hybridized carbons (Fsp3) is 0.353. The second-order valence-electron chi connectivity index (χ2n) is 5.65. The number of para-hydroxylation sites is 1. The van der Waals surface area contributed by atoms with Crippen LogP contribution in [-0.2, 0) is 4.79 Å². The Morgan fingerprint density at radius 2 is 1.91 bits per heavy atom. The van der Waals surface area contributed by atoms with E-state index in [1.165, 1.54) is 4.90 Å². The number of hydrogen-bond donors (Lipinski definition) is 1. The van der Waals surface area contributed by atoms with E-state index in [9.17, 15) is 9.59 Å². The molecule has 1 heterocycles. The molecule has 0 saturated heterocycles. The second-order valence-corrected chi connectivity index (χ2v) is 5.65. The number of benzene rings is 1. The summed E-state index contributed by atoms with van der Waals surface area (Å²) in [6, 6.07) is 11.2. The highest BCUT2D eigenvalue weighted by molar-refractivity contribution is 5.93. The minimum Gasteiger partial charge on any atom is -0.481 e. The van der Waals surface area contributed by atoms with Crippen molar-refractivity contribution in [3.05, 3.63) is 47.8 Å². The largest absolute Gasteiger partial charge is 0.481 e. The molecule has 122 valence electrons. The summed E-state index contributed by atoms with van der Waals surface area (Å²) in [4.78, 5) is 25.0. The van der Waals surface area contributed by atoms with Gasteiger partial charge in [0.2, 0.25) is 0 Å². The number of carbonyl (C=O) groups excluding carboxylic acids is 1. The molecule has 0 unspecified atom stereocenters. The Hall–Kier alpha value is -2.63. The third-order valence-corrected chi connectivity index (χ3v) is 3.56. The molecule has 0 aliphatic heterocycles. The molecule has 0 radical (unpaired) electrons. The number of aryl methyl sites for hydroxylation is 1. The van der Waals surface area contributed by atoms with Gasteiger partial charge in [-0.3, -0.25) is 9.59 Å². The quantitative estimate of drug-likeness (QED) is 0.888. The Bertz CT molecular complexity index is 692. The first-order valence-corrected chi connectivity index (χ1v) is 7.55. The van der Waals surface area contributed by atoms with E-state index in [0.717, 1.165) is 11.4 Å². The highest BCUT2D eigenvalue weighted by Crippen LogP contribution is 2.14. The zero-order valence-electron chi connectivity index (χ0n) is 13.6. The lowest BCUT2D eigenvalue weighted by Crippen LogP contribution is -2.38. The predicted molar refractivity (Wildman–Crippen MR) is 86.7 cm³/mol. The van der Waals surface area contributed by atoms with Crippen molar-refractivity contribution < 1.29 is 14.7 Å². The molecule has 0 atom stereocenters. The van der Waals surface area contributed by atoms with Gasteiger partial charge in [-0.25, -0.2) is 4.68 Å². The van der Waals surface area contributed by atoms with Crippen molar-refractivity contribution >= 4 is 11.9 Å². The molecule has 1 N–H and O–H groups in total. The Morgan fingerprint density at radius 1 is 1.26 bits per heavy atom. The van der Waals surface area contributed by atoms with E-state index in [1.54, 1.807) is 10.7 Å². The highest BCUT2D eigenvalue weighted by atomic mass is 16.4. The zero-order chi connectivity index (χ0) is 17.0. The maximum absolute atomic E-state index is 12.7. The van der Waals surface area contributed by atoms with Gasteiger partial charge in [-0.05, 0) is 39.0 Å². The maximum atomic E-state index is 12.7. The van der Waals surface area contributed by atoms with Crippen molar-refractivity contribution in [3.63, 3.8) is 0 Å². The molecule has 0 saturated carbocycles. The summed E-state index contributed by atoms with van der Waals surface area (Å²) < 4.78 is 1.71. The van der Waals surface area contributed by atoms with Crippen LogP contribution in [0.25, 0.3) is 5.69 Å². The smallest absolute Gasteiger partial charge is 0.305 e. The number of hydrogen-bond acceptors (Lipinski definition) is 3. The Labute approximate surface area is 135 Å². The number of nitrogens with zero attached hydrogens (tertiary/aromatic N) is 3. The number of amides is 1. The first-order valence-electron chi connectivity index (χ1n) is 7.55. The summed E-state index contributed by atoms with van der Waals surface area (Å²) >= 11 is 0. The lowest BCUT2D eigenvalue weighted by molar-refractivity contribution is -0.137. The Balaban J connectivity index is 2.26. The van der Waals surface area contributed by atoms with E-state index < -0.39 is 5.97 Å². The van der Waals surface area contributed by atoms with Crippen molar-refractivity contribution in [1.82, 2.24) is 14.7 Å². The maximum Gasteiger partial charge on any atom is 0.305 e. The standard InChI is InChI=1S/C17H21N3O3/c1-12(2)19(10-9-16(21)22)17(23)15-11-13(3)20(18-15)14-7-5-4-6-8-14/h4-8,11-12H,9-10H2,1-3H3,(H,21,22). The molecule has 0 aliphatic carbocycles. The average molecular weight is 315 g/mol. The fourth-order valence-electron chi connectivity index (χ4n) is 2.37. The summed E-state index contributed by atoms with van der Waals surface area (Å²) in [5, 5.41) is 13.2. The van der Waals surface area contributed by atoms with Crippen LogP contribution in [0.3, 0.4) is 0 Å². The van der Waals surface area contributed by atoms with Crippen molar-refractivity contribution in [3.8, 4) is 5.69 Å². The van der Waals surface area contributed by atoms with E-state index >= 15 is 0 Å². The van der Waals surface area contributed by atoms with Crippen molar-refractivity contribution in [2.75, 3.05) is 6.54 Å². The lowest BCUT2D eigenvalue weighted by Gasteiger charge is -2.25. The van der Waals surface area contributed by atoms with E-state index in [-0.39, 0.29) is 24.9 Å². The van der Waals surface area contributed by atoms with E-state index in [2.05, 4.69) is 5.10 Å². The molecule has 23 heavy (non-hydrogen) atoms. The molecule has 1 aromatic heterocycles. The lowest BCUT2D eigenvalue weighted by atomic mass is 10.2. The van der Waals surface area contributed by atoms with Crippen LogP contribution in [0.2, 0.25) is 0 Å². The first kappa shape index (κ1) is 16.7. The van der Waals surface area contributed by atoms with Gasteiger partial charge >= 0.3 is 5.97 Å². The molecule has 0 spiro atoms. The first-order chi connectivity index (χ1) is 10.9. The van der Waals surface area contributed by atoms with Crippen LogP contribution >= 0.6 is 0 Å². The molecule has 0 aliphatic rings. The highest BCUT2D eigenvalue weighted by Gasteiger charge is 2.22. The molecule has 0 fully saturated rings. The molecular formula is C17H21N3O3. The van der Waals surface area contributed by atoms with Gasteiger partial charge in [-0.1, -0.05) is 18.2 Å².